The number of carbonyl (C=O) groups excluding carboxylic acids is 1. The molecule has 0 aliphatic carbocycles. The molecular formula is C6H10BrN3O. The number of amidine groups is 1. The van der Waals surface area contributed by atoms with E-state index in [1.807, 2.05) is 6.92 Å². The van der Waals surface area contributed by atoms with Gasteiger partial charge >= 0.3 is 6.03 Å². The molecule has 1 fully saturated rings. The second-order valence-corrected chi connectivity index (χ2v) is 3.46. The molecule has 1 unspecified atom stereocenters. The third-order valence-electron chi connectivity index (χ3n) is 1.60. The van der Waals surface area contributed by atoms with Crippen LogP contribution in [-0.4, -0.2) is 34.7 Å². The summed E-state index contributed by atoms with van der Waals surface area (Å²) in [7, 11) is 0. The standard InChI is InChI=1S/C6H10BrN3O/c1-2-10-3-4(7)5(8)9-6(10)11/h4H,2-3H2,1H3,(H2,8,9,11). The summed E-state index contributed by atoms with van der Waals surface area (Å²) in [5.74, 6) is 0.250. The molecule has 0 aromatic heterocycles. The molecular weight excluding hydrogens is 210 g/mol. The van der Waals surface area contributed by atoms with Crippen molar-refractivity contribution in [3.63, 3.8) is 0 Å². The summed E-state index contributed by atoms with van der Waals surface area (Å²) in [5.41, 5.74) is 0. The fourth-order valence-electron chi connectivity index (χ4n) is 0.913. The fraction of sp³-hybridized carbons (Fsp3) is 0.667. The Kier molecular flexibility index (Phi) is 2.49. The molecule has 1 atom stereocenters. The minimum atomic E-state index is -0.173. The lowest BCUT2D eigenvalue weighted by Gasteiger charge is -2.29. The van der Waals surface area contributed by atoms with Gasteiger partial charge in [0.25, 0.3) is 0 Å². The van der Waals surface area contributed by atoms with E-state index in [4.69, 9.17) is 5.41 Å². The first-order valence-corrected chi connectivity index (χ1v) is 4.35. The Morgan fingerprint density at radius 2 is 2.55 bits per heavy atom. The summed E-state index contributed by atoms with van der Waals surface area (Å²) >= 11 is 3.28. The molecule has 4 nitrogen and oxygen atoms in total. The molecule has 11 heavy (non-hydrogen) atoms. The van der Waals surface area contributed by atoms with Gasteiger partial charge in [-0.05, 0) is 6.92 Å². The van der Waals surface area contributed by atoms with Crippen LogP contribution in [0.4, 0.5) is 4.79 Å². The summed E-state index contributed by atoms with van der Waals surface area (Å²) in [6, 6.07) is -0.173. The summed E-state index contributed by atoms with van der Waals surface area (Å²) in [4.78, 5) is 12.6. The number of rotatable bonds is 1. The largest absolute Gasteiger partial charge is 0.323 e. The highest BCUT2D eigenvalue weighted by Crippen LogP contribution is 2.08. The van der Waals surface area contributed by atoms with E-state index >= 15 is 0 Å². The van der Waals surface area contributed by atoms with Crippen molar-refractivity contribution in [2.75, 3.05) is 13.1 Å². The zero-order chi connectivity index (χ0) is 8.43. The maximum absolute atomic E-state index is 11.0. The summed E-state index contributed by atoms with van der Waals surface area (Å²) in [6.07, 6.45) is 0. The number of nitrogens with zero attached hydrogens (tertiary/aromatic N) is 1. The van der Waals surface area contributed by atoms with E-state index in [1.54, 1.807) is 4.90 Å². The first-order chi connectivity index (χ1) is 5.15. The van der Waals surface area contributed by atoms with Gasteiger partial charge < -0.3 is 4.90 Å². The van der Waals surface area contributed by atoms with Crippen LogP contribution in [0.25, 0.3) is 0 Å². The molecule has 1 rings (SSSR count). The molecule has 2 N–H and O–H groups in total. The Labute approximate surface area is 73.6 Å². The Bertz CT molecular complexity index is 194. The van der Waals surface area contributed by atoms with Crippen LogP contribution in [0, 0.1) is 5.41 Å². The van der Waals surface area contributed by atoms with Crippen LogP contribution in [0.3, 0.4) is 0 Å². The van der Waals surface area contributed by atoms with Crippen molar-refractivity contribution in [3.8, 4) is 0 Å². The quantitative estimate of drug-likeness (QED) is 0.630. The van der Waals surface area contributed by atoms with Gasteiger partial charge in [0, 0.05) is 13.1 Å². The van der Waals surface area contributed by atoms with Crippen LogP contribution in [0.2, 0.25) is 0 Å². The molecule has 62 valence electrons. The minimum Gasteiger partial charge on any atom is -0.323 e. The van der Waals surface area contributed by atoms with E-state index in [0.29, 0.717) is 13.1 Å². The van der Waals surface area contributed by atoms with Crippen molar-refractivity contribution in [1.82, 2.24) is 10.2 Å². The molecule has 1 aliphatic rings. The summed E-state index contributed by atoms with van der Waals surface area (Å²) < 4.78 is 0. The van der Waals surface area contributed by atoms with Gasteiger partial charge in [0.05, 0.1) is 4.83 Å². The predicted octanol–water partition coefficient (Wildman–Crippen LogP) is 0.772. The number of nitrogens with one attached hydrogen (secondary N) is 2. The molecule has 1 saturated heterocycles. The lowest BCUT2D eigenvalue weighted by Crippen LogP contribution is -2.54. The van der Waals surface area contributed by atoms with Crippen LogP contribution in [-0.2, 0) is 0 Å². The highest BCUT2D eigenvalue weighted by Gasteiger charge is 2.26. The highest BCUT2D eigenvalue weighted by molar-refractivity contribution is 9.10. The average molecular weight is 220 g/mol. The average Bonchev–Trinajstić information content (AvgIpc) is 1.97. The van der Waals surface area contributed by atoms with Crippen LogP contribution >= 0.6 is 15.9 Å². The lowest BCUT2D eigenvalue weighted by atomic mass is 10.3. The normalized spacial score (nSPS) is 25.3. The molecule has 0 spiro atoms. The van der Waals surface area contributed by atoms with Crippen molar-refractivity contribution in [2.45, 2.75) is 11.8 Å². The Hall–Kier alpha value is -0.580. The molecule has 0 aromatic carbocycles. The van der Waals surface area contributed by atoms with E-state index < -0.39 is 0 Å². The number of hydrogen-bond acceptors (Lipinski definition) is 2. The van der Waals surface area contributed by atoms with Crippen molar-refractivity contribution in [2.24, 2.45) is 0 Å². The minimum absolute atomic E-state index is 0.0415. The van der Waals surface area contributed by atoms with Crippen molar-refractivity contribution >= 4 is 27.8 Å². The van der Waals surface area contributed by atoms with Crippen LogP contribution in [0.5, 0.6) is 0 Å². The molecule has 0 bridgehead atoms. The second kappa shape index (κ2) is 3.21. The Balaban J connectivity index is 2.62. The first-order valence-electron chi connectivity index (χ1n) is 3.43. The maximum Gasteiger partial charge on any atom is 0.322 e. The summed E-state index contributed by atoms with van der Waals surface area (Å²) in [5, 5.41) is 9.74. The highest BCUT2D eigenvalue weighted by atomic mass is 79.9. The number of carbonyl (C=O) groups is 1. The van der Waals surface area contributed by atoms with E-state index in [0.717, 1.165) is 0 Å². The van der Waals surface area contributed by atoms with Crippen LogP contribution < -0.4 is 5.32 Å². The smallest absolute Gasteiger partial charge is 0.322 e. The monoisotopic (exact) mass is 219 g/mol. The molecule has 1 heterocycles. The molecule has 5 heteroatoms. The van der Waals surface area contributed by atoms with E-state index in [9.17, 15) is 4.79 Å². The lowest BCUT2D eigenvalue weighted by molar-refractivity contribution is 0.203. The van der Waals surface area contributed by atoms with Gasteiger partial charge in [-0.3, -0.25) is 10.7 Å². The van der Waals surface area contributed by atoms with E-state index in [1.165, 1.54) is 0 Å². The topological polar surface area (TPSA) is 56.2 Å². The zero-order valence-corrected chi connectivity index (χ0v) is 7.81. The Morgan fingerprint density at radius 1 is 1.91 bits per heavy atom. The first kappa shape index (κ1) is 8.52. The number of amides is 2. The van der Waals surface area contributed by atoms with E-state index in [-0.39, 0.29) is 16.7 Å². The van der Waals surface area contributed by atoms with Gasteiger partial charge in [-0.1, -0.05) is 15.9 Å². The van der Waals surface area contributed by atoms with E-state index in [2.05, 4.69) is 21.2 Å². The number of hydrogen-bond donors (Lipinski definition) is 2. The fourth-order valence-corrected chi connectivity index (χ4v) is 1.38. The number of urea groups is 1. The Morgan fingerprint density at radius 3 is 3.09 bits per heavy atom. The molecule has 1 aliphatic heterocycles. The maximum atomic E-state index is 11.0. The third-order valence-corrected chi connectivity index (χ3v) is 2.35. The molecule has 0 radical (unpaired) electrons. The molecule has 0 saturated carbocycles. The van der Waals surface area contributed by atoms with Crippen molar-refractivity contribution in [3.05, 3.63) is 0 Å². The predicted molar refractivity (Wildman–Crippen MR) is 46.2 cm³/mol. The van der Waals surface area contributed by atoms with Gasteiger partial charge in [-0.25, -0.2) is 4.79 Å². The van der Waals surface area contributed by atoms with Gasteiger partial charge in [0.15, 0.2) is 0 Å². The van der Waals surface area contributed by atoms with Crippen molar-refractivity contribution < 1.29 is 4.79 Å². The van der Waals surface area contributed by atoms with Gasteiger partial charge in [0.1, 0.15) is 5.84 Å². The van der Waals surface area contributed by atoms with Gasteiger partial charge in [-0.2, -0.15) is 0 Å². The number of halogens is 1. The third kappa shape index (κ3) is 1.71. The SMILES string of the molecule is CCN1CC(Br)C(=N)NC1=O. The van der Waals surface area contributed by atoms with Gasteiger partial charge in [-0.15, -0.1) is 0 Å². The molecule has 2 amide bonds. The van der Waals surface area contributed by atoms with Crippen LogP contribution in [0.15, 0.2) is 0 Å². The van der Waals surface area contributed by atoms with Crippen molar-refractivity contribution in [1.29, 1.82) is 5.41 Å². The zero-order valence-electron chi connectivity index (χ0n) is 6.22. The molecule has 0 aromatic rings. The van der Waals surface area contributed by atoms with Gasteiger partial charge in [0.2, 0.25) is 0 Å². The van der Waals surface area contributed by atoms with Crippen LogP contribution in [0.1, 0.15) is 6.92 Å². The second-order valence-electron chi connectivity index (χ2n) is 2.35. The summed E-state index contributed by atoms with van der Waals surface area (Å²) in [6.45, 7) is 3.18. The number of alkyl halides is 1.